The number of rotatable bonds is 8. The van der Waals surface area contributed by atoms with E-state index in [1.807, 2.05) is 0 Å². The number of halogens is 2. The summed E-state index contributed by atoms with van der Waals surface area (Å²) < 4.78 is 28.1. The monoisotopic (exact) mass is 286 g/mol. The zero-order chi connectivity index (χ0) is 15.1. The van der Waals surface area contributed by atoms with E-state index >= 15 is 0 Å². The number of benzene rings is 1. The molecule has 0 unspecified atom stereocenters. The highest BCUT2D eigenvalue weighted by Crippen LogP contribution is 2.24. The standard InChI is InChI=1S/C15H24F2N2O/c1-4-19(5-6-20)15-13(16)7-12(8-14(15)17)10-18-9-11(2)3/h7-8,11,18,20H,4-6,9-10H2,1-3H3. The van der Waals surface area contributed by atoms with Crippen molar-refractivity contribution in [3.8, 4) is 0 Å². The number of hydrogen-bond acceptors (Lipinski definition) is 3. The Morgan fingerprint density at radius 2 is 1.85 bits per heavy atom. The van der Waals surface area contributed by atoms with Crippen LogP contribution in [-0.2, 0) is 6.54 Å². The van der Waals surface area contributed by atoms with E-state index in [0.29, 0.717) is 24.6 Å². The Hall–Kier alpha value is -1.20. The van der Waals surface area contributed by atoms with Crippen LogP contribution in [0.4, 0.5) is 14.5 Å². The molecule has 1 aromatic carbocycles. The normalized spacial score (nSPS) is 11.2. The molecule has 2 N–H and O–H groups in total. The largest absolute Gasteiger partial charge is 0.395 e. The molecule has 0 amide bonds. The van der Waals surface area contributed by atoms with Gasteiger partial charge in [0, 0.05) is 19.6 Å². The first-order valence-corrected chi connectivity index (χ1v) is 7.04. The fraction of sp³-hybridized carbons (Fsp3) is 0.600. The van der Waals surface area contributed by atoms with Gasteiger partial charge in [0.2, 0.25) is 0 Å². The second-order valence-electron chi connectivity index (χ2n) is 5.24. The van der Waals surface area contributed by atoms with Crippen LogP contribution in [0.2, 0.25) is 0 Å². The van der Waals surface area contributed by atoms with Crippen LogP contribution in [-0.4, -0.2) is 31.3 Å². The van der Waals surface area contributed by atoms with Crippen molar-refractivity contribution in [2.75, 3.05) is 31.1 Å². The molecule has 1 aromatic rings. The van der Waals surface area contributed by atoms with Crippen molar-refractivity contribution in [2.45, 2.75) is 27.3 Å². The summed E-state index contributed by atoms with van der Waals surface area (Å²) in [5.41, 5.74) is 0.526. The van der Waals surface area contributed by atoms with Gasteiger partial charge in [-0.1, -0.05) is 13.8 Å². The smallest absolute Gasteiger partial charge is 0.149 e. The van der Waals surface area contributed by atoms with Gasteiger partial charge >= 0.3 is 0 Å². The van der Waals surface area contributed by atoms with Gasteiger partial charge in [0.15, 0.2) is 0 Å². The molecule has 114 valence electrons. The molecular weight excluding hydrogens is 262 g/mol. The van der Waals surface area contributed by atoms with Crippen LogP contribution in [0, 0.1) is 17.6 Å². The Bertz CT molecular complexity index is 401. The van der Waals surface area contributed by atoms with Crippen LogP contribution >= 0.6 is 0 Å². The van der Waals surface area contributed by atoms with Gasteiger partial charge in [0.25, 0.3) is 0 Å². The van der Waals surface area contributed by atoms with E-state index in [2.05, 4.69) is 19.2 Å². The highest BCUT2D eigenvalue weighted by Gasteiger charge is 2.16. The molecule has 0 radical (unpaired) electrons. The summed E-state index contributed by atoms with van der Waals surface area (Å²) in [7, 11) is 0. The van der Waals surface area contributed by atoms with Crippen molar-refractivity contribution in [2.24, 2.45) is 5.92 Å². The molecule has 0 spiro atoms. The second-order valence-corrected chi connectivity index (χ2v) is 5.24. The highest BCUT2D eigenvalue weighted by atomic mass is 19.1. The maximum absolute atomic E-state index is 14.1. The van der Waals surface area contributed by atoms with Gasteiger partial charge < -0.3 is 15.3 Å². The van der Waals surface area contributed by atoms with E-state index < -0.39 is 11.6 Å². The number of anilines is 1. The van der Waals surface area contributed by atoms with Crippen LogP contribution in [0.25, 0.3) is 0 Å². The first kappa shape index (κ1) is 16.9. The lowest BCUT2D eigenvalue weighted by molar-refractivity contribution is 0.301. The zero-order valence-corrected chi connectivity index (χ0v) is 12.4. The molecular formula is C15H24F2N2O. The number of aliphatic hydroxyl groups excluding tert-OH is 1. The molecule has 0 atom stereocenters. The molecule has 5 heteroatoms. The summed E-state index contributed by atoms with van der Waals surface area (Å²) in [4.78, 5) is 1.50. The average Bonchev–Trinajstić information content (AvgIpc) is 2.36. The summed E-state index contributed by atoms with van der Waals surface area (Å²) in [6, 6.07) is 2.71. The summed E-state index contributed by atoms with van der Waals surface area (Å²) in [5.74, 6) is -0.674. The van der Waals surface area contributed by atoms with Crippen molar-refractivity contribution in [3.05, 3.63) is 29.3 Å². The predicted molar refractivity (Wildman–Crippen MR) is 77.9 cm³/mol. The number of hydrogen-bond donors (Lipinski definition) is 2. The second kappa shape index (κ2) is 8.17. The third-order valence-electron chi connectivity index (χ3n) is 3.03. The first-order valence-electron chi connectivity index (χ1n) is 7.04. The third-order valence-corrected chi connectivity index (χ3v) is 3.03. The number of likely N-dealkylation sites (N-methyl/N-ethyl adjacent to an activating group) is 1. The molecule has 0 aliphatic heterocycles. The molecule has 0 saturated heterocycles. The van der Waals surface area contributed by atoms with Crippen LogP contribution < -0.4 is 10.2 Å². The van der Waals surface area contributed by atoms with Gasteiger partial charge in [-0.05, 0) is 37.1 Å². The fourth-order valence-electron chi connectivity index (χ4n) is 2.08. The summed E-state index contributed by atoms with van der Waals surface area (Å²) in [5, 5.41) is 12.1. The number of nitrogens with zero attached hydrogens (tertiary/aromatic N) is 1. The van der Waals surface area contributed by atoms with Crippen molar-refractivity contribution in [1.82, 2.24) is 5.32 Å². The topological polar surface area (TPSA) is 35.5 Å². The van der Waals surface area contributed by atoms with E-state index in [1.54, 1.807) is 6.92 Å². The maximum Gasteiger partial charge on any atom is 0.149 e. The highest BCUT2D eigenvalue weighted by molar-refractivity contribution is 5.50. The molecule has 0 aliphatic carbocycles. The molecule has 0 bridgehead atoms. The van der Waals surface area contributed by atoms with Crippen molar-refractivity contribution >= 4 is 5.69 Å². The van der Waals surface area contributed by atoms with E-state index in [4.69, 9.17) is 5.11 Å². The summed E-state index contributed by atoms with van der Waals surface area (Å²) >= 11 is 0. The van der Waals surface area contributed by atoms with Crippen molar-refractivity contribution in [1.29, 1.82) is 0 Å². The zero-order valence-electron chi connectivity index (χ0n) is 12.4. The Morgan fingerprint density at radius 3 is 2.30 bits per heavy atom. The van der Waals surface area contributed by atoms with Crippen LogP contribution in [0.1, 0.15) is 26.3 Å². The van der Waals surface area contributed by atoms with E-state index in [0.717, 1.165) is 6.54 Å². The minimum Gasteiger partial charge on any atom is -0.395 e. The minimum atomic E-state index is -0.582. The van der Waals surface area contributed by atoms with Crippen LogP contribution in [0.15, 0.2) is 12.1 Å². The molecule has 0 aliphatic rings. The van der Waals surface area contributed by atoms with Crippen molar-refractivity contribution in [3.63, 3.8) is 0 Å². The molecule has 0 heterocycles. The van der Waals surface area contributed by atoms with Crippen LogP contribution in [0.5, 0.6) is 0 Å². The minimum absolute atomic E-state index is 0.0610. The molecule has 0 saturated carbocycles. The predicted octanol–water partition coefficient (Wildman–Crippen LogP) is 2.53. The molecule has 0 fully saturated rings. The first-order chi connectivity index (χ1) is 9.49. The lowest BCUT2D eigenvalue weighted by Crippen LogP contribution is -2.28. The maximum atomic E-state index is 14.1. The molecule has 3 nitrogen and oxygen atoms in total. The molecule has 1 rings (SSSR count). The van der Waals surface area contributed by atoms with E-state index in [1.165, 1.54) is 17.0 Å². The van der Waals surface area contributed by atoms with Gasteiger partial charge in [0.05, 0.1) is 6.61 Å². The fourth-order valence-corrected chi connectivity index (χ4v) is 2.08. The lowest BCUT2D eigenvalue weighted by Gasteiger charge is -2.23. The Morgan fingerprint density at radius 1 is 1.25 bits per heavy atom. The quantitative estimate of drug-likeness (QED) is 0.771. The van der Waals surface area contributed by atoms with Crippen molar-refractivity contribution < 1.29 is 13.9 Å². The molecule has 20 heavy (non-hydrogen) atoms. The Kier molecular flexibility index (Phi) is 6.88. The average molecular weight is 286 g/mol. The van der Waals surface area contributed by atoms with E-state index in [9.17, 15) is 8.78 Å². The van der Waals surface area contributed by atoms with E-state index in [-0.39, 0.29) is 18.8 Å². The van der Waals surface area contributed by atoms with Gasteiger partial charge in [-0.2, -0.15) is 0 Å². The summed E-state index contributed by atoms with van der Waals surface area (Å²) in [6.07, 6.45) is 0. The Labute approximate surface area is 119 Å². The third kappa shape index (κ3) is 4.72. The van der Waals surface area contributed by atoms with Crippen LogP contribution in [0.3, 0.4) is 0 Å². The van der Waals surface area contributed by atoms with Gasteiger partial charge in [-0.15, -0.1) is 0 Å². The number of aliphatic hydroxyl groups is 1. The SMILES string of the molecule is CCN(CCO)c1c(F)cc(CNCC(C)C)cc1F. The molecule has 0 aromatic heterocycles. The van der Waals surface area contributed by atoms with Gasteiger partial charge in [-0.3, -0.25) is 0 Å². The number of nitrogens with one attached hydrogen (secondary N) is 1. The Balaban J connectivity index is 2.85. The van der Waals surface area contributed by atoms with Gasteiger partial charge in [0.1, 0.15) is 17.3 Å². The van der Waals surface area contributed by atoms with Gasteiger partial charge in [-0.25, -0.2) is 8.78 Å². The lowest BCUT2D eigenvalue weighted by atomic mass is 10.1. The summed E-state index contributed by atoms with van der Waals surface area (Å²) in [6.45, 7) is 7.72.